The van der Waals surface area contributed by atoms with Crippen molar-refractivity contribution in [2.75, 3.05) is 5.73 Å². The van der Waals surface area contributed by atoms with Gasteiger partial charge < -0.3 is 5.73 Å². The maximum Gasteiger partial charge on any atom is 0.0831 e. The first kappa shape index (κ1) is 8.52. The number of nitrogen functional groups attached to an aromatic ring is 1. The van der Waals surface area contributed by atoms with Gasteiger partial charge in [0, 0.05) is 17.5 Å². The average Bonchev–Trinajstić information content (AvgIpc) is 1.95. The van der Waals surface area contributed by atoms with Crippen molar-refractivity contribution in [1.82, 2.24) is 0 Å². The number of halogens is 1. The maximum absolute atomic E-state index is 5.71. The molecule has 0 amide bonds. The molecule has 1 rings (SSSR count). The Morgan fingerprint density at radius 3 is 2.82 bits per heavy atom. The fraction of sp³-hybridized carbons (Fsp3) is 0.125. The monoisotopic (exact) mass is 260 g/mol. The molecule has 0 aliphatic rings. The van der Waals surface area contributed by atoms with Gasteiger partial charge in [-0.3, -0.25) is 0 Å². The Morgan fingerprint density at radius 2 is 2.27 bits per heavy atom. The molecule has 0 fully saturated rings. The molecule has 0 bridgehead atoms. The molecule has 0 saturated heterocycles. The lowest BCUT2D eigenvalue weighted by Gasteiger charge is -1.99. The Kier molecular flexibility index (Phi) is 2.87. The predicted octanol–water partition coefficient (Wildman–Crippen LogP) is 2.35. The number of hydrogen-bond acceptors (Lipinski definition) is 2. The summed E-state index contributed by atoms with van der Waals surface area (Å²) >= 11 is 1.93. The van der Waals surface area contributed by atoms with Gasteiger partial charge in [-0.25, -0.2) is 3.21 Å². The van der Waals surface area contributed by atoms with Gasteiger partial charge in [0.2, 0.25) is 0 Å². The third kappa shape index (κ3) is 2.18. The molecule has 1 aromatic rings. The number of benzene rings is 1. The van der Waals surface area contributed by atoms with Crippen LogP contribution in [0.3, 0.4) is 0 Å². The number of nitrogens with two attached hydrogens (primary N) is 1. The van der Waals surface area contributed by atoms with Crippen LogP contribution in [-0.2, 0) is 0 Å². The quantitative estimate of drug-likeness (QED) is 0.469. The van der Waals surface area contributed by atoms with Crippen LogP contribution in [0, 0.1) is 6.92 Å². The van der Waals surface area contributed by atoms with E-state index in [0.29, 0.717) is 0 Å². The van der Waals surface area contributed by atoms with E-state index < -0.39 is 0 Å². The Hall–Kier alpha value is -0.580. The van der Waals surface area contributed by atoms with Crippen LogP contribution >= 0.6 is 22.9 Å². The highest BCUT2D eigenvalue weighted by Crippen LogP contribution is 2.11. The molecule has 1 aromatic carbocycles. The second-order valence-corrected chi connectivity index (χ2v) is 2.92. The first-order valence-electron chi connectivity index (χ1n) is 3.24. The van der Waals surface area contributed by atoms with E-state index in [1.807, 2.05) is 48.0 Å². The molecule has 11 heavy (non-hydrogen) atoms. The summed E-state index contributed by atoms with van der Waals surface area (Å²) in [6.45, 7) is 2.02. The summed E-state index contributed by atoms with van der Waals surface area (Å²) in [6.07, 6.45) is 1.75. The van der Waals surface area contributed by atoms with Gasteiger partial charge in [-0.05, 0) is 18.6 Å². The van der Waals surface area contributed by atoms with Crippen molar-refractivity contribution in [3.63, 3.8) is 0 Å². The van der Waals surface area contributed by atoms with Crippen LogP contribution in [0.15, 0.2) is 21.4 Å². The van der Waals surface area contributed by atoms with Crippen LogP contribution in [0.4, 0.5) is 5.69 Å². The van der Waals surface area contributed by atoms with E-state index in [4.69, 9.17) is 5.73 Å². The van der Waals surface area contributed by atoms with Gasteiger partial charge in [-0.15, -0.1) is 0 Å². The first-order chi connectivity index (χ1) is 5.24. The van der Waals surface area contributed by atoms with Crippen molar-refractivity contribution in [2.24, 2.45) is 3.21 Å². The van der Waals surface area contributed by atoms with Crippen molar-refractivity contribution in [3.8, 4) is 0 Å². The van der Waals surface area contributed by atoms with Gasteiger partial charge in [-0.1, -0.05) is 12.1 Å². The molecule has 0 radical (unpaired) electrons. The van der Waals surface area contributed by atoms with Gasteiger partial charge in [0.15, 0.2) is 0 Å². The Labute approximate surface area is 80.0 Å². The van der Waals surface area contributed by atoms with Crippen molar-refractivity contribution in [2.45, 2.75) is 6.92 Å². The SMILES string of the molecule is Cc1ccc(/C=N\I)c(N)c1. The van der Waals surface area contributed by atoms with E-state index >= 15 is 0 Å². The molecule has 0 atom stereocenters. The second-order valence-electron chi connectivity index (χ2n) is 2.36. The van der Waals surface area contributed by atoms with E-state index in [1.54, 1.807) is 6.21 Å². The molecule has 0 aliphatic heterocycles. The number of nitrogens with zero attached hydrogens (tertiary/aromatic N) is 1. The third-order valence-corrected chi connectivity index (χ3v) is 1.71. The summed E-state index contributed by atoms with van der Waals surface area (Å²) in [5.74, 6) is 0. The zero-order valence-electron chi connectivity index (χ0n) is 6.21. The topological polar surface area (TPSA) is 38.4 Å². The van der Waals surface area contributed by atoms with Crippen molar-refractivity contribution >= 4 is 34.8 Å². The van der Waals surface area contributed by atoms with E-state index in [-0.39, 0.29) is 0 Å². The van der Waals surface area contributed by atoms with E-state index in [1.165, 1.54) is 5.56 Å². The van der Waals surface area contributed by atoms with E-state index in [9.17, 15) is 0 Å². The van der Waals surface area contributed by atoms with Gasteiger partial charge >= 0.3 is 0 Å². The van der Waals surface area contributed by atoms with Crippen LogP contribution in [0.1, 0.15) is 11.1 Å². The smallest absolute Gasteiger partial charge is 0.0831 e. The van der Waals surface area contributed by atoms with Gasteiger partial charge in [-0.2, -0.15) is 0 Å². The summed E-state index contributed by atoms with van der Waals surface area (Å²) in [5.41, 5.74) is 8.65. The molecule has 0 aliphatic carbocycles. The van der Waals surface area contributed by atoms with Crippen LogP contribution in [0.2, 0.25) is 0 Å². The van der Waals surface area contributed by atoms with Gasteiger partial charge in [0.1, 0.15) is 0 Å². The fourth-order valence-electron chi connectivity index (χ4n) is 0.864. The van der Waals surface area contributed by atoms with E-state index in [0.717, 1.165) is 11.3 Å². The minimum Gasteiger partial charge on any atom is -0.398 e. The summed E-state index contributed by atoms with van der Waals surface area (Å²) in [5, 5.41) is 0. The Balaban J connectivity index is 3.09. The molecule has 0 aromatic heterocycles. The molecule has 3 heteroatoms. The third-order valence-electron chi connectivity index (χ3n) is 1.43. The minimum atomic E-state index is 0.783. The van der Waals surface area contributed by atoms with Crippen molar-refractivity contribution < 1.29 is 0 Å². The zero-order valence-corrected chi connectivity index (χ0v) is 8.37. The normalized spacial score (nSPS) is 10.7. The highest BCUT2D eigenvalue weighted by Gasteiger charge is 1.93. The summed E-state index contributed by atoms with van der Waals surface area (Å²) in [4.78, 5) is 0. The molecular formula is C8H9IN2. The summed E-state index contributed by atoms with van der Waals surface area (Å²) < 4.78 is 3.86. The van der Waals surface area contributed by atoms with Crippen molar-refractivity contribution in [3.05, 3.63) is 29.3 Å². The summed E-state index contributed by atoms with van der Waals surface area (Å²) in [6, 6.07) is 5.92. The van der Waals surface area contributed by atoms with Crippen LogP contribution in [-0.4, -0.2) is 6.21 Å². The predicted molar refractivity (Wildman–Crippen MR) is 57.2 cm³/mol. The standard InChI is InChI=1S/C8H9IN2/c1-6-2-3-7(5-11-9)8(10)4-6/h2-5H,10H2,1H3/b11-5-. The lowest BCUT2D eigenvalue weighted by atomic mass is 10.1. The Bertz CT molecular complexity index is 281. The van der Waals surface area contributed by atoms with Crippen molar-refractivity contribution in [1.29, 1.82) is 0 Å². The highest BCUT2D eigenvalue weighted by molar-refractivity contribution is 14.1. The van der Waals surface area contributed by atoms with Gasteiger partial charge in [0.25, 0.3) is 0 Å². The van der Waals surface area contributed by atoms with E-state index in [2.05, 4.69) is 3.21 Å². The molecule has 2 N–H and O–H groups in total. The Morgan fingerprint density at radius 1 is 1.55 bits per heavy atom. The number of rotatable bonds is 1. The molecule has 0 saturated carbocycles. The zero-order chi connectivity index (χ0) is 8.27. The summed E-state index contributed by atoms with van der Waals surface area (Å²) in [7, 11) is 0. The van der Waals surface area contributed by atoms with Gasteiger partial charge in [0.05, 0.1) is 22.9 Å². The second kappa shape index (κ2) is 3.71. The molecular weight excluding hydrogens is 251 g/mol. The van der Waals surface area contributed by atoms with Crippen LogP contribution < -0.4 is 5.73 Å². The first-order valence-corrected chi connectivity index (χ1v) is 4.21. The average molecular weight is 260 g/mol. The highest BCUT2D eigenvalue weighted by atomic mass is 127. The lowest BCUT2D eigenvalue weighted by Crippen LogP contribution is -1.92. The largest absolute Gasteiger partial charge is 0.398 e. The molecule has 0 heterocycles. The molecule has 58 valence electrons. The van der Waals surface area contributed by atoms with Crippen LogP contribution in [0.25, 0.3) is 0 Å². The fourth-order valence-corrected chi connectivity index (χ4v) is 1.16. The number of aryl methyl sites for hydroxylation is 1. The lowest BCUT2D eigenvalue weighted by molar-refractivity contribution is 1.47. The molecule has 0 unspecified atom stereocenters. The number of anilines is 1. The maximum atomic E-state index is 5.71. The van der Waals surface area contributed by atoms with Crippen LogP contribution in [0.5, 0.6) is 0 Å². The number of hydrogen-bond donors (Lipinski definition) is 1. The minimum absolute atomic E-state index is 0.783. The molecule has 0 spiro atoms. The molecule has 2 nitrogen and oxygen atoms in total.